The van der Waals surface area contributed by atoms with Crippen molar-refractivity contribution in [2.45, 2.75) is 59.0 Å². The van der Waals surface area contributed by atoms with E-state index in [1.165, 1.54) is 12.1 Å². The number of aryl methyl sites for hydroxylation is 1. The Bertz CT molecular complexity index is 1060. The van der Waals surface area contributed by atoms with Gasteiger partial charge in [0.05, 0.1) is 17.7 Å². The van der Waals surface area contributed by atoms with Gasteiger partial charge in [-0.3, -0.25) is 4.90 Å². The number of urea groups is 1. The largest absolute Gasteiger partial charge is 0.468 e. The third-order valence-corrected chi connectivity index (χ3v) is 6.11. The third kappa shape index (κ3) is 7.13. The molecular formula is C26H37FN4O2S. The van der Waals surface area contributed by atoms with Gasteiger partial charge in [0.25, 0.3) is 0 Å². The zero-order chi connectivity index (χ0) is 25.4. The lowest BCUT2D eigenvalue weighted by Gasteiger charge is -2.25. The Labute approximate surface area is 207 Å². The molecule has 0 bridgehead atoms. The van der Waals surface area contributed by atoms with Crippen molar-refractivity contribution >= 4 is 23.6 Å². The first kappa shape index (κ1) is 27.5. The van der Waals surface area contributed by atoms with Gasteiger partial charge in [0, 0.05) is 27.2 Å². The van der Waals surface area contributed by atoms with Crippen LogP contribution in [0.5, 0.6) is 0 Å². The van der Waals surface area contributed by atoms with Gasteiger partial charge in [-0.15, -0.1) is 0 Å². The maximum Gasteiger partial charge on any atom is 0.325 e. The van der Waals surface area contributed by atoms with Gasteiger partial charge >= 0.3 is 6.03 Å². The summed E-state index contributed by atoms with van der Waals surface area (Å²) in [7, 11) is 3.56. The Morgan fingerprint density at radius 1 is 1.18 bits per heavy atom. The monoisotopic (exact) mass is 488 g/mol. The van der Waals surface area contributed by atoms with E-state index >= 15 is 0 Å². The van der Waals surface area contributed by atoms with Crippen molar-refractivity contribution < 1.29 is 13.6 Å². The minimum Gasteiger partial charge on any atom is -0.468 e. The quantitative estimate of drug-likeness (QED) is 0.329. The first-order valence-corrected chi connectivity index (χ1v) is 12.6. The number of thioether (sulfide) groups is 1. The predicted octanol–water partition coefficient (Wildman–Crippen LogP) is 6.74. The molecule has 0 aliphatic carbocycles. The van der Waals surface area contributed by atoms with Crippen LogP contribution in [-0.4, -0.2) is 41.1 Å². The highest BCUT2D eigenvalue weighted by Gasteiger charge is 2.24. The van der Waals surface area contributed by atoms with E-state index in [0.29, 0.717) is 30.6 Å². The average Bonchev–Trinajstić information content (AvgIpc) is 3.36. The third-order valence-electron chi connectivity index (χ3n) is 5.11. The molecule has 186 valence electrons. The Morgan fingerprint density at radius 3 is 2.38 bits per heavy atom. The lowest BCUT2D eigenvalue weighted by Crippen LogP contribution is -2.41. The van der Waals surface area contributed by atoms with Crippen LogP contribution in [-0.2, 0) is 12.3 Å². The summed E-state index contributed by atoms with van der Waals surface area (Å²) in [6, 6.07) is 8.35. The van der Waals surface area contributed by atoms with Crippen molar-refractivity contribution in [3.05, 3.63) is 65.0 Å². The molecule has 34 heavy (non-hydrogen) atoms. The normalized spacial score (nSPS) is 10.8. The SMILES string of the molecule is CC.Cc1coc(CSc2nc(N(C)C(=O)N(C)CC(C)C)c(C)n2Cc2ccc(F)cc2)c1. The molecule has 0 unspecified atom stereocenters. The van der Waals surface area contributed by atoms with Gasteiger partial charge in [-0.2, -0.15) is 0 Å². The summed E-state index contributed by atoms with van der Waals surface area (Å²) in [6.07, 6.45) is 1.73. The topological polar surface area (TPSA) is 54.5 Å². The Morgan fingerprint density at radius 2 is 1.82 bits per heavy atom. The van der Waals surface area contributed by atoms with Gasteiger partial charge in [0.1, 0.15) is 11.6 Å². The van der Waals surface area contributed by atoms with Crippen LogP contribution in [0.3, 0.4) is 0 Å². The number of benzene rings is 1. The minimum atomic E-state index is -0.266. The molecule has 0 aliphatic heterocycles. The first-order valence-electron chi connectivity index (χ1n) is 11.6. The molecular weight excluding hydrogens is 451 g/mol. The number of rotatable bonds is 8. The summed E-state index contributed by atoms with van der Waals surface area (Å²) >= 11 is 1.55. The minimum absolute atomic E-state index is 0.105. The van der Waals surface area contributed by atoms with E-state index in [1.807, 2.05) is 33.8 Å². The molecule has 0 aliphatic rings. The van der Waals surface area contributed by atoms with Crippen molar-refractivity contribution in [2.75, 3.05) is 25.5 Å². The predicted molar refractivity (Wildman–Crippen MR) is 138 cm³/mol. The number of hydrogen-bond acceptors (Lipinski definition) is 4. The summed E-state index contributed by atoms with van der Waals surface area (Å²) in [5.74, 6) is 2.21. The van der Waals surface area contributed by atoms with Gasteiger partial charge < -0.3 is 13.9 Å². The Kier molecular flexibility index (Phi) is 10.2. The van der Waals surface area contributed by atoms with Crippen LogP contribution in [0.4, 0.5) is 15.0 Å². The molecule has 0 saturated carbocycles. The fraction of sp³-hybridized carbons (Fsp3) is 0.462. The second-order valence-electron chi connectivity index (χ2n) is 8.51. The van der Waals surface area contributed by atoms with Gasteiger partial charge in [-0.1, -0.05) is 51.6 Å². The number of halogens is 1. The van der Waals surface area contributed by atoms with Crippen LogP contribution < -0.4 is 4.90 Å². The smallest absolute Gasteiger partial charge is 0.325 e. The van der Waals surface area contributed by atoms with Gasteiger partial charge in [-0.25, -0.2) is 14.2 Å². The molecule has 0 spiro atoms. The van der Waals surface area contributed by atoms with E-state index in [-0.39, 0.29) is 11.8 Å². The number of furan rings is 1. The number of imidazole rings is 1. The fourth-order valence-corrected chi connectivity index (χ4v) is 4.49. The van der Waals surface area contributed by atoms with E-state index in [2.05, 4.69) is 18.4 Å². The van der Waals surface area contributed by atoms with Crippen molar-refractivity contribution in [1.29, 1.82) is 0 Å². The molecule has 2 amide bonds. The number of amides is 2. The summed E-state index contributed by atoms with van der Waals surface area (Å²) in [5.41, 5.74) is 2.91. The molecule has 2 aromatic heterocycles. The lowest BCUT2D eigenvalue weighted by atomic mass is 10.2. The molecule has 6 nitrogen and oxygen atoms in total. The van der Waals surface area contributed by atoms with Crippen LogP contribution in [0.25, 0.3) is 0 Å². The average molecular weight is 489 g/mol. The molecule has 1 aromatic carbocycles. The number of carbonyl (C=O) groups is 1. The summed E-state index contributed by atoms with van der Waals surface area (Å²) in [6.45, 7) is 13.3. The first-order chi connectivity index (χ1) is 16.2. The molecule has 8 heteroatoms. The second kappa shape index (κ2) is 12.6. The highest BCUT2D eigenvalue weighted by atomic mass is 32.2. The Hall–Kier alpha value is -2.74. The summed E-state index contributed by atoms with van der Waals surface area (Å²) in [5, 5.41) is 0.780. The molecule has 0 N–H and O–H groups in total. The van der Waals surface area contributed by atoms with Crippen LogP contribution in [0.15, 0.2) is 46.2 Å². The maximum absolute atomic E-state index is 13.4. The van der Waals surface area contributed by atoms with Crippen molar-refractivity contribution in [3.8, 4) is 0 Å². The van der Waals surface area contributed by atoms with Crippen LogP contribution in [0.1, 0.15) is 50.3 Å². The van der Waals surface area contributed by atoms with Crippen molar-refractivity contribution in [3.63, 3.8) is 0 Å². The molecule has 0 fully saturated rings. The lowest BCUT2D eigenvalue weighted by molar-refractivity contribution is 0.211. The molecule has 2 heterocycles. The number of anilines is 1. The number of aromatic nitrogens is 2. The molecule has 0 saturated heterocycles. The van der Waals surface area contributed by atoms with Crippen molar-refractivity contribution in [1.82, 2.24) is 14.5 Å². The Balaban J connectivity index is 0.00000199. The van der Waals surface area contributed by atoms with E-state index in [1.54, 1.807) is 54.1 Å². The molecule has 3 rings (SSSR count). The fourth-order valence-electron chi connectivity index (χ4n) is 3.56. The van der Waals surface area contributed by atoms with Crippen LogP contribution in [0.2, 0.25) is 0 Å². The highest BCUT2D eigenvalue weighted by Crippen LogP contribution is 2.30. The van der Waals surface area contributed by atoms with E-state index in [0.717, 1.165) is 27.7 Å². The second-order valence-corrected chi connectivity index (χ2v) is 9.45. The summed E-state index contributed by atoms with van der Waals surface area (Å²) < 4.78 is 21.0. The van der Waals surface area contributed by atoms with Gasteiger partial charge in [0.2, 0.25) is 0 Å². The summed E-state index contributed by atoms with van der Waals surface area (Å²) in [4.78, 5) is 21.1. The molecule has 3 aromatic rings. The van der Waals surface area contributed by atoms with Crippen LogP contribution >= 0.6 is 11.8 Å². The van der Waals surface area contributed by atoms with E-state index in [9.17, 15) is 9.18 Å². The number of hydrogen-bond donors (Lipinski definition) is 0. The highest BCUT2D eigenvalue weighted by molar-refractivity contribution is 7.98. The number of nitrogens with zero attached hydrogens (tertiary/aromatic N) is 4. The molecule has 0 atom stereocenters. The zero-order valence-electron chi connectivity index (χ0n) is 21.6. The van der Waals surface area contributed by atoms with Crippen LogP contribution in [0, 0.1) is 25.6 Å². The van der Waals surface area contributed by atoms with E-state index in [4.69, 9.17) is 9.40 Å². The molecule has 0 radical (unpaired) electrons. The van der Waals surface area contributed by atoms with Gasteiger partial charge in [0.15, 0.2) is 11.0 Å². The zero-order valence-corrected chi connectivity index (χ0v) is 22.4. The van der Waals surface area contributed by atoms with Gasteiger partial charge in [-0.05, 0) is 49.1 Å². The number of carbonyl (C=O) groups excluding carboxylic acids is 1. The van der Waals surface area contributed by atoms with E-state index < -0.39 is 0 Å². The standard InChI is InChI=1S/C24H31FN4O2S.C2H6/c1-16(2)12-27(5)24(30)28(6)22-18(4)29(13-19-7-9-20(25)10-8-19)23(26-22)32-15-21-11-17(3)14-31-21;1-2/h7-11,14,16H,12-13,15H2,1-6H3;1-2H3. The maximum atomic E-state index is 13.4. The van der Waals surface area contributed by atoms with Crippen molar-refractivity contribution in [2.24, 2.45) is 5.92 Å².